The van der Waals surface area contributed by atoms with Gasteiger partial charge in [-0.05, 0) is 23.6 Å². The summed E-state index contributed by atoms with van der Waals surface area (Å²) < 4.78 is 5.31. The van der Waals surface area contributed by atoms with E-state index in [4.69, 9.17) is 27.9 Å². The van der Waals surface area contributed by atoms with Crippen molar-refractivity contribution in [3.05, 3.63) is 74.7 Å². The third kappa shape index (κ3) is 4.26. The molecule has 1 aromatic heterocycles. The van der Waals surface area contributed by atoms with Crippen molar-refractivity contribution in [1.82, 2.24) is 4.98 Å². The number of benzene rings is 2. The van der Waals surface area contributed by atoms with Crippen molar-refractivity contribution in [1.29, 1.82) is 0 Å². The second-order valence-electron chi connectivity index (χ2n) is 6.09. The zero-order valence-corrected chi connectivity index (χ0v) is 16.7. The third-order valence-electron chi connectivity index (χ3n) is 3.89. The summed E-state index contributed by atoms with van der Waals surface area (Å²) in [6.45, 7) is 4.40. The quantitative estimate of drug-likeness (QED) is 0.448. The Morgan fingerprint density at radius 3 is 2.38 bits per heavy atom. The van der Waals surface area contributed by atoms with Gasteiger partial charge in [-0.3, -0.25) is 0 Å². The number of carbonyl (C=O) groups is 1. The van der Waals surface area contributed by atoms with Crippen molar-refractivity contribution < 1.29 is 9.53 Å². The molecule has 0 radical (unpaired) electrons. The molecule has 0 saturated carbocycles. The van der Waals surface area contributed by atoms with Gasteiger partial charge in [-0.15, -0.1) is 11.3 Å². The Balaban J connectivity index is 1.68. The van der Waals surface area contributed by atoms with Gasteiger partial charge in [-0.25, -0.2) is 9.78 Å². The average molecular weight is 406 g/mol. The summed E-state index contributed by atoms with van der Waals surface area (Å²) in [5.41, 5.74) is 3.20. The number of carbonyl (C=O) groups excluding carboxylic acids is 1. The van der Waals surface area contributed by atoms with Gasteiger partial charge in [0.05, 0.1) is 21.3 Å². The van der Waals surface area contributed by atoms with Crippen LogP contribution in [0.5, 0.6) is 0 Å². The molecule has 0 N–H and O–H groups in total. The van der Waals surface area contributed by atoms with E-state index >= 15 is 0 Å². The van der Waals surface area contributed by atoms with Crippen LogP contribution in [0.2, 0.25) is 10.0 Å². The number of nitrogens with zero attached hydrogens (tertiary/aromatic N) is 1. The fourth-order valence-corrected chi connectivity index (χ4v) is 3.78. The molecular weight excluding hydrogens is 389 g/mol. The molecule has 3 nitrogen and oxygen atoms in total. The lowest BCUT2D eigenvalue weighted by Crippen LogP contribution is -2.07. The summed E-state index contributed by atoms with van der Waals surface area (Å²) >= 11 is 13.6. The van der Waals surface area contributed by atoms with Crippen LogP contribution >= 0.6 is 34.5 Å². The number of rotatable bonds is 5. The molecule has 1 heterocycles. The lowest BCUT2D eigenvalue weighted by atomic mass is 10.0. The Kier molecular flexibility index (Phi) is 5.97. The molecule has 0 saturated heterocycles. The molecule has 0 unspecified atom stereocenters. The smallest absolute Gasteiger partial charge is 0.341 e. The lowest BCUT2D eigenvalue weighted by molar-refractivity contribution is 0.0469. The zero-order chi connectivity index (χ0) is 18.7. The Labute approximate surface area is 166 Å². The van der Waals surface area contributed by atoms with Crippen LogP contribution in [0.1, 0.15) is 41.4 Å². The van der Waals surface area contributed by atoms with E-state index in [1.54, 1.807) is 18.2 Å². The Morgan fingerprint density at radius 2 is 1.77 bits per heavy atom. The minimum Gasteiger partial charge on any atom is -0.455 e. The van der Waals surface area contributed by atoms with Crippen molar-refractivity contribution in [2.24, 2.45) is 0 Å². The Hall–Kier alpha value is -1.88. The number of halogens is 2. The van der Waals surface area contributed by atoms with Crippen LogP contribution in [-0.2, 0) is 11.3 Å². The van der Waals surface area contributed by atoms with Crippen molar-refractivity contribution in [3.8, 4) is 10.6 Å². The molecule has 0 amide bonds. The van der Waals surface area contributed by atoms with Crippen LogP contribution in [0.3, 0.4) is 0 Å². The second kappa shape index (κ2) is 8.21. The van der Waals surface area contributed by atoms with Crippen LogP contribution in [-0.4, -0.2) is 11.0 Å². The first-order valence-corrected chi connectivity index (χ1v) is 9.75. The minimum atomic E-state index is -0.559. The lowest BCUT2D eigenvalue weighted by Gasteiger charge is -2.06. The first kappa shape index (κ1) is 18.9. The van der Waals surface area contributed by atoms with Crippen LogP contribution in [0, 0.1) is 0 Å². The number of aromatic nitrogens is 1. The van der Waals surface area contributed by atoms with Gasteiger partial charge < -0.3 is 4.74 Å². The van der Waals surface area contributed by atoms with Gasteiger partial charge in [0.25, 0.3) is 0 Å². The molecule has 2 aromatic carbocycles. The van der Waals surface area contributed by atoms with Crippen molar-refractivity contribution in [2.45, 2.75) is 26.4 Å². The predicted molar refractivity (Wildman–Crippen MR) is 107 cm³/mol. The van der Waals surface area contributed by atoms with Crippen LogP contribution in [0.15, 0.2) is 47.8 Å². The molecule has 0 fully saturated rings. The summed E-state index contributed by atoms with van der Waals surface area (Å²) in [5, 5.41) is 3.31. The van der Waals surface area contributed by atoms with Crippen LogP contribution < -0.4 is 0 Å². The number of esters is 1. The van der Waals surface area contributed by atoms with E-state index in [1.807, 2.05) is 5.38 Å². The van der Waals surface area contributed by atoms with Gasteiger partial charge in [0.15, 0.2) is 0 Å². The highest BCUT2D eigenvalue weighted by Crippen LogP contribution is 2.27. The molecule has 0 aliphatic rings. The molecule has 3 rings (SSSR count). The summed E-state index contributed by atoms with van der Waals surface area (Å²) in [7, 11) is 0. The maximum absolute atomic E-state index is 12.2. The summed E-state index contributed by atoms with van der Waals surface area (Å²) in [4.78, 5) is 16.8. The number of ether oxygens (including phenoxy) is 1. The number of hydrogen-bond donors (Lipinski definition) is 0. The molecule has 6 heteroatoms. The summed E-state index contributed by atoms with van der Waals surface area (Å²) in [6, 6.07) is 13.2. The van der Waals surface area contributed by atoms with E-state index < -0.39 is 5.97 Å². The molecule has 0 bridgehead atoms. The van der Waals surface area contributed by atoms with Gasteiger partial charge in [0.1, 0.15) is 11.6 Å². The molecular formula is C20H17Cl2NO2S. The molecule has 0 aliphatic carbocycles. The summed E-state index contributed by atoms with van der Waals surface area (Å²) in [5.74, 6) is -0.0663. The first-order chi connectivity index (χ1) is 12.5. The molecule has 3 aromatic rings. The number of thiazole rings is 1. The zero-order valence-electron chi connectivity index (χ0n) is 14.3. The van der Waals surface area contributed by atoms with Crippen molar-refractivity contribution >= 4 is 40.5 Å². The largest absolute Gasteiger partial charge is 0.455 e. The van der Waals surface area contributed by atoms with Crippen molar-refractivity contribution in [2.75, 3.05) is 0 Å². The van der Waals surface area contributed by atoms with Crippen LogP contribution in [0.25, 0.3) is 10.6 Å². The standard InChI is InChI=1S/C20H17Cl2NO2S/c1-12(2)13-6-8-14(9-7-13)19-23-15(11-26-19)10-25-20(24)18-16(21)4-3-5-17(18)22/h3-9,11-12H,10H2,1-2H3. The van der Waals surface area contributed by atoms with Crippen molar-refractivity contribution in [3.63, 3.8) is 0 Å². The predicted octanol–water partition coefficient (Wildman–Crippen LogP) is 6.60. The first-order valence-electron chi connectivity index (χ1n) is 8.11. The summed E-state index contributed by atoms with van der Waals surface area (Å²) in [6.07, 6.45) is 0. The highest BCUT2D eigenvalue weighted by Gasteiger charge is 2.16. The highest BCUT2D eigenvalue weighted by atomic mass is 35.5. The fraction of sp³-hybridized carbons (Fsp3) is 0.200. The molecule has 0 spiro atoms. The molecule has 0 atom stereocenters. The van der Waals surface area contributed by atoms with E-state index in [1.165, 1.54) is 16.9 Å². The van der Waals surface area contributed by atoms with Gasteiger partial charge in [-0.2, -0.15) is 0 Å². The molecule has 26 heavy (non-hydrogen) atoms. The van der Waals surface area contributed by atoms with E-state index in [2.05, 4.69) is 43.1 Å². The van der Waals surface area contributed by atoms with E-state index in [-0.39, 0.29) is 22.2 Å². The SMILES string of the molecule is CC(C)c1ccc(-c2nc(COC(=O)c3c(Cl)cccc3Cl)cs2)cc1. The number of hydrogen-bond acceptors (Lipinski definition) is 4. The normalized spacial score (nSPS) is 11.0. The van der Waals surface area contributed by atoms with Gasteiger partial charge in [0, 0.05) is 10.9 Å². The average Bonchev–Trinajstić information content (AvgIpc) is 3.09. The maximum atomic E-state index is 12.2. The highest BCUT2D eigenvalue weighted by molar-refractivity contribution is 7.13. The fourth-order valence-electron chi connectivity index (χ4n) is 2.42. The van der Waals surface area contributed by atoms with E-state index in [0.717, 1.165) is 10.6 Å². The second-order valence-corrected chi connectivity index (χ2v) is 7.77. The monoisotopic (exact) mass is 405 g/mol. The third-order valence-corrected chi connectivity index (χ3v) is 5.46. The van der Waals surface area contributed by atoms with Gasteiger partial charge in [-0.1, -0.05) is 67.4 Å². The van der Waals surface area contributed by atoms with Gasteiger partial charge in [0.2, 0.25) is 0 Å². The Bertz CT molecular complexity index is 900. The minimum absolute atomic E-state index is 0.0704. The van der Waals surface area contributed by atoms with Gasteiger partial charge >= 0.3 is 5.97 Å². The van der Waals surface area contributed by atoms with E-state index in [9.17, 15) is 4.79 Å². The Morgan fingerprint density at radius 1 is 1.12 bits per heavy atom. The van der Waals surface area contributed by atoms with E-state index in [0.29, 0.717) is 11.6 Å². The topological polar surface area (TPSA) is 39.2 Å². The molecule has 134 valence electrons. The molecule has 0 aliphatic heterocycles. The van der Waals surface area contributed by atoms with Crippen LogP contribution in [0.4, 0.5) is 0 Å². The maximum Gasteiger partial charge on any atom is 0.341 e.